The lowest BCUT2D eigenvalue weighted by Crippen LogP contribution is -2.49. The molecule has 22 heavy (non-hydrogen) atoms. The molecule has 2 aliphatic rings. The van der Waals surface area contributed by atoms with E-state index in [0.717, 1.165) is 44.7 Å². The van der Waals surface area contributed by atoms with Crippen LogP contribution in [0.15, 0.2) is 18.2 Å². The lowest BCUT2D eigenvalue weighted by Gasteiger charge is -2.37. The van der Waals surface area contributed by atoms with E-state index in [1.165, 1.54) is 0 Å². The lowest BCUT2D eigenvalue weighted by atomic mass is 10.2. The van der Waals surface area contributed by atoms with Crippen molar-refractivity contribution in [3.05, 3.63) is 28.3 Å². The van der Waals surface area contributed by atoms with Crippen LogP contribution in [0.25, 0.3) is 0 Å². The van der Waals surface area contributed by atoms with Crippen LogP contribution in [0.5, 0.6) is 5.75 Å². The summed E-state index contributed by atoms with van der Waals surface area (Å²) in [6.45, 7) is 4.72. The Kier molecular flexibility index (Phi) is 4.17. The van der Waals surface area contributed by atoms with E-state index in [1.54, 1.807) is 19.1 Å². The van der Waals surface area contributed by atoms with Gasteiger partial charge in [-0.05, 0) is 31.9 Å². The lowest BCUT2D eigenvalue weighted by molar-refractivity contribution is -0.385. The molecule has 1 saturated heterocycles. The topological polar surface area (TPSA) is 79.1 Å². The second-order valence-corrected chi connectivity index (χ2v) is 5.88. The van der Waals surface area contributed by atoms with Gasteiger partial charge in [0.15, 0.2) is 5.75 Å². The van der Waals surface area contributed by atoms with Crippen LogP contribution in [0.1, 0.15) is 19.8 Å². The molecule has 2 fully saturated rings. The molecule has 0 spiro atoms. The number of aliphatic hydroxyl groups is 1. The Labute approximate surface area is 129 Å². The largest absolute Gasteiger partial charge is 0.483 e. The van der Waals surface area contributed by atoms with E-state index < -0.39 is 6.23 Å². The second-order valence-electron chi connectivity index (χ2n) is 5.88. The maximum atomic E-state index is 11.3. The smallest absolute Gasteiger partial charge is 0.312 e. The highest BCUT2D eigenvalue weighted by Crippen LogP contribution is 2.36. The van der Waals surface area contributed by atoms with E-state index in [-0.39, 0.29) is 16.7 Å². The number of hydrogen-bond donors (Lipinski definition) is 1. The van der Waals surface area contributed by atoms with Gasteiger partial charge < -0.3 is 14.7 Å². The second kappa shape index (κ2) is 6.10. The average Bonchev–Trinajstić information content (AvgIpc) is 3.31. The Morgan fingerprint density at radius 2 is 2.00 bits per heavy atom. The Morgan fingerprint density at radius 3 is 2.55 bits per heavy atom. The molecule has 7 nitrogen and oxygen atoms in total. The van der Waals surface area contributed by atoms with Crippen molar-refractivity contribution in [2.75, 3.05) is 31.1 Å². The van der Waals surface area contributed by atoms with Gasteiger partial charge >= 0.3 is 5.69 Å². The van der Waals surface area contributed by atoms with Crippen molar-refractivity contribution in [2.24, 2.45) is 0 Å². The fourth-order valence-corrected chi connectivity index (χ4v) is 2.66. The van der Waals surface area contributed by atoms with Gasteiger partial charge in [0, 0.05) is 37.9 Å². The molecular weight excluding hydrogens is 286 g/mol. The Bertz CT molecular complexity index is 552. The normalized spacial score (nSPS) is 20.7. The van der Waals surface area contributed by atoms with E-state index in [1.807, 2.05) is 11.0 Å². The highest BCUT2D eigenvalue weighted by atomic mass is 16.6. The van der Waals surface area contributed by atoms with Crippen molar-refractivity contribution in [2.45, 2.75) is 32.1 Å². The summed E-state index contributed by atoms with van der Waals surface area (Å²) < 4.78 is 5.61. The summed E-state index contributed by atoms with van der Waals surface area (Å²) in [5.41, 5.74) is 0.863. The zero-order valence-electron chi connectivity index (χ0n) is 12.6. The van der Waals surface area contributed by atoms with Gasteiger partial charge in [-0.25, -0.2) is 0 Å². The van der Waals surface area contributed by atoms with Gasteiger partial charge in [0.2, 0.25) is 0 Å². The van der Waals surface area contributed by atoms with Crippen LogP contribution in [0, 0.1) is 10.1 Å². The summed E-state index contributed by atoms with van der Waals surface area (Å²) in [7, 11) is 0. The molecule has 1 unspecified atom stereocenters. The fourth-order valence-electron chi connectivity index (χ4n) is 2.66. The number of nitrogens with zero attached hydrogens (tertiary/aromatic N) is 3. The zero-order chi connectivity index (χ0) is 15.7. The van der Waals surface area contributed by atoms with Crippen LogP contribution in [-0.4, -0.2) is 53.4 Å². The molecule has 1 N–H and O–H groups in total. The van der Waals surface area contributed by atoms with Crippen LogP contribution < -0.4 is 9.64 Å². The Morgan fingerprint density at radius 1 is 1.32 bits per heavy atom. The maximum absolute atomic E-state index is 11.3. The number of nitro benzene ring substituents is 1. The minimum Gasteiger partial charge on any atom is -0.483 e. The van der Waals surface area contributed by atoms with Crippen molar-refractivity contribution in [1.29, 1.82) is 0 Å². The molecule has 0 radical (unpaired) electrons. The number of anilines is 1. The van der Waals surface area contributed by atoms with E-state index in [4.69, 9.17) is 4.74 Å². The van der Waals surface area contributed by atoms with E-state index in [9.17, 15) is 15.2 Å². The molecule has 0 bridgehead atoms. The molecule has 120 valence electrons. The molecule has 3 rings (SSSR count). The molecule has 0 aromatic heterocycles. The number of hydrogen-bond acceptors (Lipinski definition) is 6. The third kappa shape index (κ3) is 3.31. The number of rotatable bonds is 5. The van der Waals surface area contributed by atoms with Gasteiger partial charge in [-0.15, -0.1) is 0 Å². The van der Waals surface area contributed by atoms with Crippen LogP contribution in [0.4, 0.5) is 11.4 Å². The Balaban J connectivity index is 1.74. The summed E-state index contributed by atoms with van der Waals surface area (Å²) in [5, 5.41) is 20.8. The SMILES string of the molecule is CC(O)N1CCN(c2ccc(OC3CC3)c([N+](=O)[O-])c2)CC1. The van der Waals surface area contributed by atoms with E-state index in [0.29, 0.717) is 5.75 Å². The van der Waals surface area contributed by atoms with Gasteiger partial charge in [-0.1, -0.05) is 0 Å². The van der Waals surface area contributed by atoms with Gasteiger partial charge in [-0.2, -0.15) is 0 Å². The highest BCUT2D eigenvalue weighted by molar-refractivity contribution is 5.60. The molecule has 1 heterocycles. The van der Waals surface area contributed by atoms with Crippen molar-refractivity contribution >= 4 is 11.4 Å². The Hall–Kier alpha value is -1.86. The molecule has 1 aromatic carbocycles. The molecular formula is C15H21N3O4. The first kappa shape index (κ1) is 15.1. The first-order valence-electron chi connectivity index (χ1n) is 7.67. The van der Waals surface area contributed by atoms with Crippen LogP contribution in [0.3, 0.4) is 0 Å². The summed E-state index contributed by atoms with van der Waals surface area (Å²) in [6, 6.07) is 5.17. The number of ether oxygens (including phenoxy) is 1. The molecule has 1 aliphatic carbocycles. The molecule has 1 atom stereocenters. The van der Waals surface area contributed by atoms with E-state index in [2.05, 4.69) is 4.90 Å². The molecule has 1 aromatic rings. The molecule has 1 aliphatic heterocycles. The predicted octanol–water partition coefficient (Wildman–Crippen LogP) is 1.60. The summed E-state index contributed by atoms with van der Waals surface area (Å²) >= 11 is 0. The van der Waals surface area contributed by atoms with Crippen molar-refractivity contribution < 1.29 is 14.8 Å². The molecule has 0 amide bonds. The van der Waals surface area contributed by atoms with Crippen LogP contribution in [-0.2, 0) is 0 Å². The van der Waals surface area contributed by atoms with Crippen LogP contribution in [0.2, 0.25) is 0 Å². The first-order chi connectivity index (χ1) is 10.5. The third-order valence-corrected chi connectivity index (χ3v) is 4.17. The third-order valence-electron chi connectivity index (χ3n) is 4.17. The van der Waals surface area contributed by atoms with Gasteiger partial charge in [0.05, 0.1) is 11.0 Å². The fraction of sp³-hybridized carbons (Fsp3) is 0.600. The number of benzene rings is 1. The molecule has 1 saturated carbocycles. The minimum absolute atomic E-state index is 0.0300. The average molecular weight is 307 g/mol. The minimum atomic E-state index is -0.453. The molecule has 7 heteroatoms. The number of aliphatic hydroxyl groups excluding tert-OH is 1. The van der Waals surface area contributed by atoms with Gasteiger partial charge in [-0.3, -0.25) is 15.0 Å². The first-order valence-corrected chi connectivity index (χ1v) is 7.67. The van der Waals surface area contributed by atoms with Crippen molar-refractivity contribution in [3.63, 3.8) is 0 Å². The quantitative estimate of drug-likeness (QED) is 0.657. The van der Waals surface area contributed by atoms with Gasteiger partial charge in [0.25, 0.3) is 0 Å². The predicted molar refractivity (Wildman–Crippen MR) is 82.2 cm³/mol. The summed E-state index contributed by atoms with van der Waals surface area (Å²) in [4.78, 5) is 15.0. The maximum Gasteiger partial charge on any atom is 0.312 e. The standard InChI is InChI=1S/C15H21N3O4/c1-11(19)16-6-8-17(9-7-16)12-2-5-15(22-13-3-4-13)14(10-12)18(20)21/h2,5,10-11,13,19H,3-4,6-9H2,1H3. The monoisotopic (exact) mass is 307 g/mol. The summed E-state index contributed by atoms with van der Waals surface area (Å²) in [6.07, 6.45) is 1.63. The summed E-state index contributed by atoms with van der Waals surface area (Å²) in [5.74, 6) is 0.360. The number of piperazine rings is 1. The van der Waals surface area contributed by atoms with Crippen molar-refractivity contribution in [3.8, 4) is 5.75 Å². The number of nitro groups is 1. The van der Waals surface area contributed by atoms with Crippen molar-refractivity contribution in [1.82, 2.24) is 4.90 Å². The highest BCUT2D eigenvalue weighted by Gasteiger charge is 2.28. The van der Waals surface area contributed by atoms with Crippen LogP contribution >= 0.6 is 0 Å². The zero-order valence-corrected chi connectivity index (χ0v) is 12.6. The van der Waals surface area contributed by atoms with Gasteiger partial charge in [0.1, 0.15) is 6.23 Å². The van der Waals surface area contributed by atoms with E-state index >= 15 is 0 Å².